The average molecular weight is 256 g/mol. The summed E-state index contributed by atoms with van der Waals surface area (Å²) >= 11 is 0. The number of hydrogen-bond donors (Lipinski definition) is 0. The minimum atomic E-state index is -0.879. The van der Waals surface area contributed by atoms with Crippen molar-refractivity contribution in [2.75, 3.05) is 39.6 Å². The minimum absolute atomic E-state index is 0. The largest absolute Gasteiger partial charge is 1.00 e. The van der Waals surface area contributed by atoms with Gasteiger partial charge in [-0.15, -0.1) is 0 Å². The van der Waals surface area contributed by atoms with Gasteiger partial charge in [-0.2, -0.15) is 0 Å². The Balaban J connectivity index is 0.00000144. The van der Waals surface area contributed by atoms with E-state index in [4.69, 9.17) is 28.4 Å². The Morgan fingerprint density at radius 3 is 2.65 bits per heavy atom. The second-order valence-electron chi connectivity index (χ2n) is 3.12. The maximum Gasteiger partial charge on any atom is 1.00 e. The standard InChI is InChI=1S/C9H13O7.Na/c10-9(15-7-5-11-1-3-13-7)16-8-6-12-2-4-14-8;/h7H,1-6H2;/q-1;+1. The van der Waals surface area contributed by atoms with E-state index < -0.39 is 12.4 Å². The van der Waals surface area contributed by atoms with Gasteiger partial charge in [-0.25, -0.2) is 4.79 Å². The molecule has 0 N–H and O–H groups in total. The molecule has 0 bridgehead atoms. The molecule has 1 atom stereocenters. The Labute approximate surface area is 121 Å². The molecule has 0 spiro atoms. The first-order chi connectivity index (χ1) is 7.84. The fraction of sp³-hybridized carbons (Fsp3) is 0.778. The number of ether oxygens (including phenoxy) is 6. The molecule has 0 amide bonds. The Hall–Kier alpha value is 0.110. The van der Waals surface area contributed by atoms with Gasteiger partial charge in [0.15, 0.2) is 0 Å². The Morgan fingerprint density at radius 1 is 1.18 bits per heavy atom. The molecule has 2 saturated heterocycles. The molecule has 92 valence electrons. The monoisotopic (exact) mass is 256 g/mol. The van der Waals surface area contributed by atoms with Gasteiger partial charge in [-0.05, 0) is 12.9 Å². The van der Waals surface area contributed by atoms with E-state index in [0.29, 0.717) is 26.4 Å². The second-order valence-corrected chi connectivity index (χ2v) is 3.12. The van der Waals surface area contributed by atoms with Crippen LogP contribution in [0.5, 0.6) is 0 Å². The fourth-order valence-electron chi connectivity index (χ4n) is 1.23. The van der Waals surface area contributed by atoms with Crippen LogP contribution < -0.4 is 29.6 Å². The van der Waals surface area contributed by atoms with Crippen LogP contribution in [0.2, 0.25) is 0 Å². The molecule has 8 heteroatoms. The third kappa shape index (κ3) is 5.52. The molecule has 2 rings (SSSR count). The van der Waals surface area contributed by atoms with Gasteiger partial charge in [0.1, 0.15) is 6.61 Å². The maximum atomic E-state index is 11.2. The van der Waals surface area contributed by atoms with E-state index in [1.54, 1.807) is 0 Å². The van der Waals surface area contributed by atoms with Crippen molar-refractivity contribution in [3.63, 3.8) is 0 Å². The van der Waals surface area contributed by atoms with Gasteiger partial charge in [0.05, 0.1) is 19.8 Å². The van der Waals surface area contributed by atoms with E-state index in [1.165, 1.54) is 0 Å². The zero-order chi connectivity index (χ0) is 11.2. The van der Waals surface area contributed by atoms with Gasteiger partial charge in [0.25, 0.3) is 0 Å². The van der Waals surface area contributed by atoms with Crippen molar-refractivity contribution in [2.24, 2.45) is 0 Å². The van der Waals surface area contributed by atoms with Crippen molar-refractivity contribution in [1.82, 2.24) is 0 Å². The normalized spacial score (nSPS) is 25.8. The fourth-order valence-corrected chi connectivity index (χ4v) is 1.23. The van der Waals surface area contributed by atoms with Gasteiger partial charge in [-0.3, -0.25) is 0 Å². The molecule has 0 aromatic rings. The number of rotatable bonds is 2. The molecule has 2 fully saturated rings. The molecule has 2 aliphatic rings. The van der Waals surface area contributed by atoms with E-state index in [0.717, 1.165) is 0 Å². The first kappa shape index (κ1) is 15.2. The van der Waals surface area contributed by atoms with Crippen molar-refractivity contribution in [2.45, 2.75) is 6.29 Å². The van der Waals surface area contributed by atoms with E-state index in [-0.39, 0.29) is 49.1 Å². The minimum Gasteiger partial charge on any atom is -0.573 e. The molecule has 1 unspecified atom stereocenters. The summed E-state index contributed by atoms with van der Waals surface area (Å²) in [5.41, 5.74) is 0. The molecule has 2 aliphatic heterocycles. The number of hydrogen-bond acceptors (Lipinski definition) is 7. The first-order valence-electron chi connectivity index (χ1n) is 4.99. The van der Waals surface area contributed by atoms with Crippen molar-refractivity contribution in [3.8, 4) is 0 Å². The molecule has 17 heavy (non-hydrogen) atoms. The van der Waals surface area contributed by atoms with Crippen molar-refractivity contribution >= 4 is 6.16 Å². The summed E-state index contributed by atoms with van der Waals surface area (Å²) in [6, 6.07) is 0. The Bertz CT molecular complexity index is 203. The molecule has 0 aromatic heterocycles. The summed E-state index contributed by atoms with van der Waals surface area (Å²) < 4.78 is 29.8. The van der Waals surface area contributed by atoms with E-state index in [1.807, 2.05) is 0 Å². The number of carbonyl (C=O) groups is 1. The first-order valence-corrected chi connectivity index (χ1v) is 4.99. The number of carbonyl (C=O) groups excluding carboxylic acids is 1. The van der Waals surface area contributed by atoms with Gasteiger partial charge in [-0.1, -0.05) is 0 Å². The van der Waals surface area contributed by atoms with Crippen LogP contribution >= 0.6 is 0 Å². The van der Waals surface area contributed by atoms with Gasteiger partial charge < -0.3 is 28.4 Å². The Kier molecular flexibility index (Phi) is 7.36. The second kappa shape index (κ2) is 8.25. The zero-order valence-corrected chi connectivity index (χ0v) is 11.7. The predicted molar refractivity (Wildman–Crippen MR) is 48.1 cm³/mol. The molecule has 0 radical (unpaired) electrons. The molecular formula is C9H13NaO7. The van der Waals surface area contributed by atoms with Crippen molar-refractivity contribution in [3.05, 3.63) is 6.29 Å². The van der Waals surface area contributed by atoms with Crippen LogP contribution in [0.3, 0.4) is 0 Å². The molecule has 0 aliphatic carbocycles. The van der Waals surface area contributed by atoms with Crippen LogP contribution in [0.1, 0.15) is 0 Å². The van der Waals surface area contributed by atoms with Gasteiger partial charge in [0, 0.05) is 6.61 Å². The molecule has 0 saturated carbocycles. The maximum absolute atomic E-state index is 11.2. The summed E-state index contributed by atoms with van der Waals surface area (Å²) in [5.74, 6) is 0. The van der Waals surface area contributed by atoms with Gasteiger partial charge in [0.2, 0.25) is 6.29 Å². The quantitative estimate of drug-likeness (QED) is 0.297. The smallest absolute Gasteiger partial charge is 0.573 e. The third-order valence-electron chi connectivity index (χ3n) is 1.92. The zero-order valence-electron chi connectivity index (χ0n) is 9.68. The van der Waals surface area contributed by atoms with Crippen LogP contribution in [0.25, 0.3) is 0 Å². The SMILES string of the molecule is O=C(O[C-]1COCCO1)OC1COCCO1.[Na+]. The molecule has 7 nitrogen and oxygen atoms in total. The predicted octanol–water partition coefficient (Wildman–Crippen LogP) is -2.95. The van der Waals surface area contributed by atoms with Crippen LogP contribution in [0.15, 0.2) is 0 Å². The summed E-state index contributed by atoms with van der Waals surface area (Å²) in [6.07, 6.45) is -1.49. The van der Waals surface area contributed by atoms with Crippen LogP contribution in [0, 0.1) is 6.29 Å². The van der Waals surface area contributed by atoms with E-state index >= 15 is 0 Å². The van der Waals surface area contributed by atoms with Crippen LogP contribution in [0.4, 0.5) is 4.79 Å². The third-order valence-corrected chi connectivity index (χ3v) is 1.92. The average Bonchev–Trinajstić information content (AvgIpc) is 2.31. The summed E-state index contributed by atoms with van der Waals surface area (Å²) in [7, 11) is 0. The van der Waals surface area contributed by atoms with Crippen molar-refractivity contribution < 1.29 is 62.8 Å². The van der Waals surface area contributed by atoms with E-state index in [2.05, 4.69) is 0 Å². The van der Waals surface area contributed by atoms with Crippen molar-refractivity contribution in [1.29, 1.82) is 0 Å². The molecular weight excluding hydrogens is 243 g/mol. The molecule has 2 heterocycles. The van der Waals surface area contributed by atoms with Gasteiger partial charge >= 0.3 is 35.7 Å². The van der Waals surface area contributed by atoms with Crippen LogP contribution in [-0.4, -0.2) is 52.1 Å². The van der Waals surface area contributed by atoms with Crippen LogP contribution in [-0.2, 0) is 28.4 Å². The Morgan fingerprint density at radius 2 is 2.00 bits per heavy atom. The summed E-state index contributed by atoms with van der Waals surface area (Å²) in [5, 5.41) is 0. The summed E-state index contributed by atoms with van der Waals surface area (Å²) in [4.78, 5) is 11.2. The topological polar surface area (TPSA) is 72.5 Å². The molecule has 0 aromatic carbocycles. The summed E-state index contributed by atoms with van der Waals surface area (Å²) in [6.45, 7) is 2.10. The van der Waals surface area contributed by atoms with E-state index in [9.17, 15) is 4.79 Å².